The van der Waals surface area contributed by atoms with Crippen LogP contribution >= 0.6 is 0 Å². The van der Waals surface area contributed by atoms with Crippen molar-refractivity contribution >= 4 is 11.4 Å². The maximum absolute atomic E-state index is 2.48. The molecule has 0 saturated carbocycles. The number of benzene rings is 2. The number of rotatable bonds is 9. The summed E-state index contributed by atoms with van der Waals surface area (Å²) in [6.45, 7) is 20.4. The molecule has 0 aromatic heterocycles. The van der Waals surface area contributed by atoms with Gasteiger partial charge in [0.25, 0.3) is 0 Å². The average molecular weight is 409 g/mol. The van der Waals surface area contributed by atoms with Gasteiger partial charge in [0.2, 0.25) is 0 Å². The topological polar surface area (TPSA) is 6.48 Å². The van der Waals surface area contributed by atoms with Gasteiger partial charge in [0.1, 0.15) is 0 Å². The Morgan fingerprint density at radius 2 is 0.733 bits per heavy atom. The number of para-hydroxylation sites is 2. The molecule has 0 aliphatic heterocycles. The summed E-state index contributed by atoms with van der Waals surface area (Å²) in [5.41, 5.74) is 8.68. The Hall–Kier alpha value is -1.96. The van der Waals surface area contributed by atoms with Gasteiger partial charge < -0.3 is 9.80 Å². The van der Waals surface area contributed by atoms with Crippen LogP contribution in [0.4, 0.5) is 11.4 Å². The van der Waals surface area contributed by atoms with E-state index in [2.05, 4.69) is 116 Å². The van der Waals surface area contributed by atoms with Gasteiger partial charge in [-0.15, -0.1) is 0 Å². The molecule has 0 bridgehead atoms. The van der Waals surface area contributed by atoms with Gasteiger partial charge in [-0.1, -0.05) is 91.8 Å². The molecule has 2 aromatic rings. The van der Waals surface area contributed by atoms with E-state index in [-0.39, 0.29) is 0 Å². The van der Waals surface area contributed by atoms with E-state index in [0.717, 1.165) is 13.1 Å². The van der Waals surface area contributed by atoms with Gasteiger partial charge >= 0.3 is 0 Å². The van der Waals surface area contributed by atoms with Crippen LogP contribution in [0, 0.1) is 0 Å². The van der Waals surface area contributed by atoms with Gasteiger partial charge in [0.05, 0.1) is 0 Å². The number of hydrogen-bond donors (Lipinski definition) is 0. The maximum Gasteiger partial charge on any atom is 0.0434 e. The third kappa shape index (κ3) is 5.39. The van der Waals surface area contributed by atoms with Gasteiger partial charge in [-0.3, -0.25) is 0 Å². The van der Waals surface area contributed by atoms with E-state index in [4.69, 9.17) is 0 Å². The number of nitrogens with zero attached hydrogens (tertiary/aromatic N) is 2. The van der Waals surface area contributed by atoms with Crippen LogP contribution < -0.4 is 9.80 Å². The maximum atomic E-state index is 2.48. The molecular weight excluding hydrogens is 364 g/mol. The lowest BCUT2D eigenvalue weighted by molar-refractivity contribution is 0.766. The van der Waals surface area contributed by atoms with Crippen molar-refractivity contribution < 1.29 is 0 Å². The van der Waals surface area contributed by atoms with Crippen LogP contribution in [0.2, 0.25) is 0 Å². The van der Waals surface area contributed by atoms with Crippen molar-refractivity contribution in [3.8, 4) is 0 Å². The summed E-state index contributed by atoms with van der Waals surface area (Å²) in [5, 5.41) is 0. The molecule has 2 nitrogen and oxygen atoms in total. The molecule has 2 heteroatoms. The zero-order valence-corrected chi connectivity index (χ0v) is 21.1. The minimum Gasteiger partial charge on any atom is -0.372 e. The first-order valence-corrected chi connectivity index (χ1v) is 11.7. The largest absolute Gasteiger partial charge is 0.372 e. The summed E-state index contributed by atoms with van der Waals surface area (Å²) in [7, 11) is 4.53. The molecule has 0 spiro atoms. The molecule has 30 heavy (non-hydrogen) atoms. The first-order valence-electron chi connectivity index (χ1n) is 11.7. The molecule has 0 unspecified atom stereocenters. The van der Waals surface area contributed by atoms with Gasteiger partial charge in [0.15, 0.2) is 0 Å². The second-order valence-electron chi connectivity index (χ2n) is 10.0. The molecule has 0 heterocycles. The van der Waals surface area contributed by atoms with Crippen molar-refractivity contribution in [1.29, 1.82) is 0 Å². The van der Waals surface area contributed by atoms with Crippen LogP contribution in [-0.2, 0) is 0 Å². The fourth-order valence-corrected chi connectivity index (χ4v) is 4.43. The van der Waals surface area contributed by atoms with E-state index in [0.29, 0.717) is 23.7 Å². The highest BCUT2D eigenvalue weighted by molar-refractivity contribution is 5.63. The quantitative estimate of drug-likeness (QED) is 0.418. The second-order valence-corrected chi connectivity index (χ2v) is 10.0. The van der Waals surface area contributed by atoms with E-state index < -0.39 is 0 Å². The summed E-state index contributed by atoms with van der Waals surface area (Å²) >= 11 is 0. The molecule has 0 N–H and O–H groups in total. The molecule has 2 rings (SSSR count). The number of likely N-dealkylation sites (N-methyl/N-ethyl adjacent to an activating group) is 2. The van der Waals surface area contributed by atoms with Gasteiger partial charge in [-0.05, 0) is 45.9 Å². The Morgan fingerprint density at radius 3 is 0.933 bits per heavy atom. The third-order valence-corrected chi connectivity index (χ3v) is 6.22. The second kappa shape index (κ2) is 10.4. The molecule has 0 fully saturated rings. The number of anilines is 2. The highest BCUT2D eigenvalue weighted by atomic mass is 15.2. The van der Waals surface area contributed by atoms with Crippen molar-refractivity contribution in [3.63, 3.8) is 0 Å². The SMILES string of the molecule is CC(C)c1cccc(C(C)C)c1N(C)CCN(C)c1c(C(C)C)cccc1C(C)C. The van der Waals surface area contributed by atoms with Crippen molar-refractivity contribution in [2.45, 2.75) is 79.1 Å². The van der Waals surface area contributed by atoms with Gasteiger partial charge in [0, 0.05) is 38.6 Å². The van der Waals surface area contributed by atoms with E-state index in [9.17, 15) is 0 Å². The molecule has 0 aliphatic carbocycles. The Labute approximate surface area is 186 Å². The van der Waals surface area contributed by atoms with Crippen LogP contribution in [-0.4, -0.2) is 27.2 Å². The predicted octanol–water partition coefficient (Wildman–Crippen LogP) is 7.75. The molecule has 0 atom stereocenters. The Kier molecular flexibility index (Phi) is 8.41. The molecule has 0 saturated heterocycles. The number of hydrogen-bond acceptors (Lipinski definition) is 2. The molecular formula is C28H44N2. The fraction of sp³-hybridized carbons (Fsp3) is 0.571. The van der Waals surface area contributed by atoms with E-state index in [1.54, 1.807) is 0 Å². The van der Waals surface area contributed by atoms with Crippen molar-refractivity contribution in [3.05, 3.63) is 58.7 Å². The monoisotopic (exact) mass is 408 g/mol. The molecule has 0 radical (unpaired) electrons. The molecule has 0 aliphatic rings. The first kappa shape index (κ1) is 24.3. The van der Waals surface area contributed by atoms with E-state index in [1.807, 2.05) is 0 Å². The third-order valence-electron chi connectivity index (χ3n) is 6.22. The summed E-state index contributed by atoms with van der Waals surface area (Å²) in [6, 6.07) is 13.7. The average Bonchev–Trinajstić information content (AvgIpc) is 2.70. The van der Waals surface area contributed by atoms with Gasteiger partial charge in [-0.2, -0.15) is 0 Å². The zero-order chi connectivity index (χ0) is 22.6. The van der Waals surface area contributed by atoms with E-state index in [1.165, 1.54) is 33.6 Å². The van der Waals surface area contributed by atoms with E-state index >= 15 is 0 Å². The first-order chi connectivity index (χ1) is 14.1. The lowest BCUT2D eigenvalue weighted by atomic mass is 9.91. The lowest BCUT2D eigenvalue weighted by Crippen LogP contribution is -2.33. The Morgan fingerprint density at radius 1 is 0.500 bits per heavy atom. The van der Waals surface area contributed by atoms with Crippen LogP contribution in [0.15, 0.2) is 36.4 Å². The normalized spacial score (nSPS) is 11.8. The summed E-state index contributed by atoms with van der Waals surface area (Å²) in [5.74, 6) is 2.09. The van der Waals surface area contributed by atoms with Crippen LogP contribution in [0.25, 0.3) is 0 Å². The zero-order valence-electron chi connectivity index (χ0n) is 21.1. The summed E-state index contributed by atoms with van der Waals surface area (Å²) in [6.07, 6.45) is 0. The van der Waals surface area contributed by atoms with Gasteiger partial charge in [-0.25, -0.2) is 0 Å². The fourth-order valence-electron chi connectivity index (χ4n) is 4.43. The summed E-state index contributed by atoms with van der Waals surface area (Å²) in [4.78, 5) is 4.96. The molecule has 2 aromatic carbocycles. The van der Waals surface area contributed by atoms with Crippen LogP contribution in [0.5, 0.6) is 0 Å². The Balaban J connectivity index is 2.33. The van der Waals surface area contributed by atoms with Crippen molar-refractivity contribution in [1.82, 2.24) is 0 Å². The minimum absolute atomic E-state index is 0.521. The Bertz CT molecular complexity index is 695. The van der Waals surface area contributed by atoms with Crippen molar-refractivity contribution in [2.24, 2.45) is 0 Å². The van der Waals surface area contributed by atoms with Crippen LogP contribution in [0.3, 0.4) is 0 Å². The smallest absolute Gasteiger partial charge is 0.0434 e. The van der Waals surface area contributed by atoms with Crippen LogP contribution in [0.1, 0.15) is 101 Å². The predicted molar refractivity (Wildman–Crippen MR) is 136 cm³/mol. The molecule has 166 valence electrons. The highest BCUT2D eigenvalue weighted by Gasteiger charge is 2.20. The molecule has 0 amide bonds. The summed E-state index contributed by atoms with van der Waals surface area (Å²) < 4.78 is 0. The van der Waals surface area contributed by atoms with Crippen molar-refractivity contribution in [2.75, 3.05) is 37.0 Å². The standard InChI is InChI=1S/C28H44N2/c1-19(2)23-13-11-14-24(20(3)4)27(23)29(9)17-18-30(10)28-25(21(5)6)15-12-16-26(28)22(7)8/h11-16,19-22H,17-18H2,1-10H3. The minimum atomic E-state index is 0.521. The highest BCUT2D eigenvalue weighted by Crippen LogP contribution is 2.36. The lowest BCUT2D eigenvalue weighted by Gasteiger charge is -2.33.